The van der Waals surface area contributed by atoms with E-state index < -0.39 is 0 Å². The normalized spacial score (nSPS) is 13.7. The Morgan fingerprint density at radius 2 is 1.86 bits per heavy atom. The lowest BCUT2D eigenvalue weighted by molar-refractivity contribution is -0.129. The van der Waals surface area contributed by atoms with Crippen molar-refractivity contribution in [2.75, 3.05) is 25.0 Å². The highest BCUT2D eigenvalue weighted by atomic mass is 35.5. The van der Waals surface area contributed by atoms with E-state index in [0.29, 0.717) is 18.0 Å². The summed E-state index contributed by atoms with van der Waals surface area (Å²) in [6.45, 7) is 2.80. The fourth-order valence-corrected chi connectivity index (χ4v) is 4.83. The number of anilines is 1. The summed E-state index contributed by atoms with van der Waals surface area (Å²) in [5.74, 6) is 0.0669. The van der Waals surface area contributed by atoms with Gasteiger partial charge in [0.2, 0.25) is 5.91 Å². The lowest BCUT2D eigenvalue weighted by atomic mass is 10.1. The zero-order valence-electron chi connectivity index (χ0n) is 16.5. The molecule has 0 unspecified atom stereocenters. The number of carbonyl (C=O) groups excluding carboxylic acids is 1. The molecular formula is C23H24ClN3OS. The third-order valence-corrected chi connectivity index (χ3v) is 6.51. The van der Waals surface area contributed by atoms with Gasteiger partial charge in [-0.25, -0.2) is 4.98 Å². The molecule has 0 aliphatic carbocycles. The van der Waals surface area contributed by atoms with Crippen LogP contribution in [0.3, 0.4) is 0 Å². The number of amides is 1. The number of likely N-dealkylation sites (N-methyl/N-ethyl adjacent to an activating group) is 1. The second-order valence-electron chi connectivity index (χ2n) is 7.37. The number of carbonyl (C=O) groups is 1. The molecule has 0 bridgehead atoms. The van der Waals surface area contributed by atoms with Gasteiger partial charge >= 0.3 is 0 Å². The van der Waals surface area contributed by atoms with Crippen molar-refractivity contribution in [1.29, 1.82) is 0 Å². The Bertz CT molecular complexity index is 997. The summed E-state index contributed by atoms with van der Waals surface area (Å²) < 4.78 is 0. The smallest absolute Gasteiger partial charge is 0.228 e. The monoisotopic (exact) mass is 425 g/mol. The van der Waals surface area contributed by atoms with Crippen molar-refractivity contribution < 1.29 is 4.79 Å². The van der Waals surface area contributed by atoms with Gasteiger partial charge in [0, 0.05) is 43.3 Å². The number of rotatable bonds is 6. The minimum Gasteiger partial charge on any atom is -0.371 e. The highest BCUT2D eigenvalue weighted by Crippen LogP contribution is 2.30. The standard InChI is InChI=1S/C23H24ClN3OS/c1-26(15-17-8-2-5-11-21(17)27-12-6-7-13-27)22(28)14-18-16-29-23(25-18)19-9-3-4-10-20(19)24/h2-5,8-11,16H,6-7,12-15H2,1H3. The molecule has 1 saturated heterocycles. The summed E-state index contributed by atoms with van der Waals surface area (Å²) in [6.07, 6.45) is 2.77. The molecule has 0 radical (unpaired) electrons. The molecule has 3 aromatic rings. The Labute approximate surface area is 180 Å². The summed E-state index contributed by atoms with van der Waals surface area (Å²) in [7, 11) is 1.87. The van der Waals surface area contributed by atoms with E-state index in [9.17, 15) is 4.79 Å². The number of thiazole rings is 1. The first-order valence-corrected chi connectivity index (χ1v) is 11.1. The van der Waals surface area contributed by atoms with Gasteiger partial charge in [0.15, 0.2) is 0 Å². The van der Waals surface area contributed by atoms with Gasteiger partial charge in [-0.3, -0.25) is 4.79 Å². The van der Waals surface area contributed by atoms with Crippen LogP contribution in [0.25, 0.3) is 10.6 Å². The van der Waals surface area contributed by atoms with Crippen molar-refractivity contribution in [3.8, 4) is 10.6 Å². The second-order valence-corrected chi connectivity index (χ2v) is 8.64. The minimum atomic E-state index is 0.0669. The Kier molecular flexibility index (Phi) is 6.16. The number of hydrogen-bond donors (Lipinski definition) is 0. The highest BCUT2D eigenvalue weighted by molar-refractivity contribution is 7.13. The van der Waals surface area contributed by atoms with Gasteiger partial charge in [-0.1, -0.05) is 48.0 Å². The van der Waals surface area contributed by atoms with Crippen LogP contribution in [0.2, 0.25) is 5.02 Å². The average molecular weight is 426 g/mol. The number of para-hydroxylation sites is 1. The lowest BCUT2D eigenvalue weighted by Gasteiger charge is -2.24. The molecule has 2 aromatic carbocycles. The van der Waals surface area contributed by atoms with Crippen LogP contribution < -0.4 is 4.90 Å². The summed E-state index contributed by atoms with van der Waals surface area (Å²) in [5.41, 5.74) is 4.14. The first kappa shape index (κ1) is 19.9. The third kappa shape index (κ3) is 4.62. The number of halogens is 1. The van der Waals surface area contributed by atoms with Gasteiger partial charge < -0.3 is 9.80 Å². The molecule has 1 aliphatic heterocycles. The first-order valence-electron chi connectivity index (χ1n) is 9.88. The molecule has 0 atom stereocenters. The van der Waals surface area contributed by atoms with Crippen molar-refractivity contribution in [2.24, 2.45) is 0 Å². The molecule has 1 amide bonds. The lowest BCUT2D eigenvalue weighted by Crippen LogP contribution is -2.29. The van der Waals surface area contributed by atoms with Crippen LogP contribution >= 0.6 is 22.9 Å². The number of aromatic nitrogens is 1. The van der Waals surface area contributed by atoms with Gasteiger partial charge in [-0.15, -0.1) is 11.3 Å². The molecule has 1 fully saturated rings. The third-order valence-electron chi connectivity index (χ3n) is 5.26. The van der Waals surface area contributed by atoms with Gasteiger partial charge in [0.25, 0.3) is 0 Å². The zero-order valence-corrected chi connectivity index (χ0v) is 18.0. The van der Waals surface area contributed by atoms with Crippen molar-refractivity contribution >= 4 is 34.5 Å². The predicted molar refractivity (Wildman–Crippen MR) is 121 cm³/mol. The summed E-state index contributed by atoms with van der Waals surface area (Å²) >= 11 is 7.79. The Hall–Kier alpha value is -2.37. The second kappa shape index (κ2) is 8.97. The molecule has 2 heterocycles. The quantitative estimate of drug-likeness (QED) is 0.540. The molecule has 150 valence electrons. The van der Waals surface area contributed by atoms with Crippen LogP contribution in [-0.2, 0) is 17.8 Å². The fraction of sp³-hybridized carbons (Fsp3) is 0.304. The Morgan fingerprint density at radius 1 is 1.14 bits per heavy atom. The van der Waals surface area contributed by atoms with Crippen molar-refractivity contribution in [3.05, 3.63) is 70.2 Å². The minimum absolute atomic E-state index is 0.0669. The highest BCUT2D eigenvalue weighted by Gasteiger charge is 2.18. The van der Waals surface area contributed by atoms with Gasteiger partial charge in [0.1, 0.15) is 5.01 Å². The largest absolute Gasteiger partial charge is 0.371 e. The molecule has 4 rings (SSSR count). The van der Waals surface area contributed by atoms with Crippen molar-refractivity contribution in [1.82, 2.24) is 9.88 Å². The molecule has 0 saturated carbocycles. The molecular weight excluding hydrogens is 402 g/mol. The molecule has 4 nitrogen and oxygen atoms in total. The number of benzene rings is 2. The van der Waals surface area contributed by atoms with Crippen LogP contribution in [0.1, 0.15) is 24.1 Å². The van der Waals surface area contributed by atoms with Crippen molar-refractivity contribution in [2.45, 2.75) is 25.8 Å². The van der Waals surface area contributed by atoms with E-state index in [-0.39, 0.29) is 5.91 Å². The SMILES string of the molecule is CN(Cc1ccccc1N1CCCC1)C(=O)Cc1csc(-c2ccccc2Cl)n1. The van der Waals surface area contributed by atoms with Crippen LogP contribution in [0.15, 0.2) is 53.9 Å². The fourth-order valence-electron chi connectivity index (χ4n) is 3.69. The van der Waals surface area contributed by atoms with Gasteiger partial charge in [0.05, 0.1) is 17.1 Å². The zero-order chi connectivity index (χ0) is 20.2. The van der Waals surface area contributed by atoms with Gasteiger partial charge in [-0.05, 0) is 30.5 Å². The van der Waals surface area contributed by atoms with E-state index in [1.54, 1.807) is 4.90 Å². The van der Waals surface area contributed by atoms with Crippen LogP contribution in [0.4, 0.5) is 5.69 Å². The van der Waals surface area contributed by atoms with Crippen LogP contribution in [-0.4, -0.2) is 35.9 Å². The van der Waals surface area contributed by atoms with E-state index in [1.165, 1.54) is 35.4 Å². The van der Waals surface area contributed by atoms with Crippen molar-refractivity contribution in [3.63, 3.8) is 0 Å². The van der Waals surface area contributed by atoms with E-state index in [1.807, 2.05) is 42.8 Å². The summed E-state index contributed by atoms with van der Waals surface area (Å²) in [5, 5.41) is 3.47. The molecule has 0 N–H and O–H groups in total. The van der Waals surface area contributed by atoms with Crippen LogP contribution in [0.5, 0.6) is 0 Å². The molecule has 29 heavy (non-hydrogen) atoms. The average Bonchev–Trinajstić information content (AvgIpc) is 3.41. The molecule has 0 spiro atoms. The van der Waals surface area contributed by atoms with E-state index in [4.69, 9.17) is 11.6 Å². The number of nitrogens with zero attached hydrogens (tertiary/aromatic N) is 3. The van der Waals surface area contributed by atoms with E-state index in [0.717, 1.165) is 29.4 Å². The Morgan fingerprint density at radius 3 is 2.66 bits per heavy atom. The maximum Gasteiger partial charge on any atom is 0.228 e. The van der Waals surface area contributed by atoms with Crippen LogP contribution in [0, 0.1) is 0 Å². The van der Waals surface area contributed by atoms with E-state index >= 15 is 0 Å². The molecule has 1 aromatic heterocycles. The number of hydrogen-bond acceptors (Lipinski definition) is 4. The topological polar surface area (TPSA) is 36.4 Å². The summed E-state index contributed by atoms with van der Waals surface area (Å²) in [6, 6.07) is 16.1. The molecule has 1 aliphatic rings. The predicted octanol–water partition coefficient (Wildman–Crippen LogP) is 5.26. The Balaban J connectivity index is 1.43. The van der Waals surface area contributed by atoms with E-state index in [2.05, 4.69) is 28.1 Å². The summed E-state index contributed by atoms with van der Waals surface area (Å²) in [4.78, 5) is 21.7. The first-order chi connectivity index (χ1) is 14.1. The maximum atomic E-state index is 12.8. The van der Waals surface area contributed by atoms with Gasteiger partial charge in [-0.2, -0.15) is 0 Å². The molecule has 6 heteroatoms. The maximum absolute atomic E-state index is 12.8.